The fourth-order valence-corrected chi connectivity index (χ4v) is 2.12. The van der Waals surface area contributed by atoms with Gasteiger partial charge in [-0.3, -0.25) is 4.79 Å². The molecule has 0 radical (unpaired) electrons. The van der Waals surface area contributed by atoms with Gasteiger partial charge in [0.05, 0.1) is 5.41 Å². The van der Waals surface area contributed by atoms with Gasteiger partial charge in [0, 0.05) is 23.9 Å². The minimum Gasteiger partial charge on any atom is -0.341 e. The van der Waals surface area contributed by atoms with Crippen molar-refractivity contribution < 1.29 is 4.79 Å². The first-order valence-electron chi connectivity index (χ1n) is 5.43. The Morgan fingerprint density at radius 1 is 1.47 bits per heavy atom. The molecule has 0 aromatic heterocycles. The van der Waals surface area contributed by atoms with Gasteiger partial charge < -0.3 is 4.90 Å². The molecule has 0 N–H and O–H groups in total. The van der Waals surface area contributed by atoms with Crippen LogP contribution in [-0.4, -0.2) is 23.7 Å². The molecular formula is C13H17BrClNO. The SMILES string of the molecule is CN(Cc1cccc(Br)c1)C(=O)C(C)(C)CCl. The lowest BCUT2D eigenvalue weighted by molar-refractivity contribution is -0.138. The normalized spacial score (nSPS) is 11.4. The van der Waals surface area contributed by atoms with Gasteiger partial charge in [-0.25, -0.2) is 0 Å². The van der Waals surface area contributed by atoms with Gasteiger partial charge in [-0.2, -0.15) is 0 Å². The van der Waals surface area contributed by atoms with Crippen molar-refractivity contribution >= 4 is 33.4 Å². The highest BCUT2D eigenvalue weighted by Gasteiger charge is 2.29. The van der Waals surface area contributed by atoms with Gasteiger partial charge >= 0.3 is 0 Å². The molecule has 1 aromatic rings. The molecule has 2 nitrogen and oxygen atoms in total. The first kappa shape index (κ1) is 14.5. The minimum atomic E-state index is -0.512. The molecule has 0 aliphatic carbocycles. The van der Waals surface area contributed by atoms with Crippen LogP contribution >= 0.6 is 27.5 Å². The molecule has 1 aromatic carbocycles. The number of carbonyl (C=O) groups excluding carboxylic acids is 1. The molecule has 0 fully saturated rings. The summed E-state index contributed by atoms with van der Waals surface area (Å²) in [4.78, 5) is 13.8. The first-order chi connectivity index (χ1) is 7.86. The molecule has 0 saturated carbocycles. The van der Waals surface area contributed by atoms with Crippen LogP contribution in [0.4, 0.5) is 0 Å². The van der Waals surface area contributed by atoms with Crippen LogP contribution in [0.3, 0.4) is 0 Å². The third-order valence-corrected chi connectivity index (χ3v) is 3.73. The highest BCUT2D eigenvalue weighted by Crippen LogP contribution is 2.21. The molecular weight excluding hydrogens is 302 g/mol. The Morgan fingerprint density at radius 3 is 2.65 bits per heavy atom. The Morgan fingerprint density at radius 2 is 2.12 bits per heavy atom. The minimum absolute atomic E-state index is 0.0625. The van der Waals surface area contributed by atoms with E-state index in [2.05, 4.69) is 15.9 Å². The van der Waals surface area contributed by atoms with Crippen LogP contribution < -0.4 is 0 Å². The predicted octanol–water partition coefficient (Wildman–Crippen LogP) is 3.67. The molecule has 0 aliphatic rings. The van der Waals surface area contributed by atoms with E-state index < -0.39 is 5.41 Å². The largest absolute Gasteiger partial charge is 0.341 e. The smallest absolute Gasteiger partial charge is 0.229 e. The van der Waals surface area contributed by atoms with Gasteiger partial charge in [-0.05, 0) is 31.5 Å². The fourth-order valence-electron chi connectivity index (χ4n) is 1.55. The molecule has 1 rings (SSSR count). The number of hydrogen-bond acceptors (Lipinski definition) is 1. The Balaban J connectivity index is 2.73. The quantitative estimate of drug-likeness (QED) is 0.776. The summed E-state index contributed by atoms with van der Waals surface area (Å²) in [5.74, 6) is 0.391. The number of carbonyl (C=O) groups is 1. The summed E-state index contributed by atoms with van der Waals surface area (Å²) in [5, 5.41) is 0. The van der Waals surface area contributed by atoms with Crippen molar-refractivity contribution in [3.8, 4) is 0 Å². The number of amides is 1. The molecule has 17 heavy (non-hydrogen) atoms. The van der Waals surface area contributed by atoms with E-state index in [0.29, 0.717) is 12.4 Å². The Labute approximate surface area is 116 Å². The van der Waals surface area contributed by atoms with E-state index in [9.17, 15) is 4.79 Å². The maximum absolute atomic E-state index is 12.1. The van der Waals surface area contributed by atoms with E-state index in [1.54, 1.807) is 11.9 Å². The van der Waals surface area contributed by atoms with Crippen molar-refractivity contribution in [3.63, 3.8) is 0 Å². The molecule has 0 spiro atoms. The van der Waals surface area contributed by atoms with Crippen LogP contribution in [0.1, 0.15) is 19.4 Å². The van der Waals surface area contributed by atoms with E-state index in [0.717, 1.165) is 10.0 Å². The van der Waals surface area contributed by atoms with Gasteiger partial charge in [0.2, 0.25) is 5.91 Å². The van der Waals surface area contributed by atoms with Gasteiger partial charge in [-0.15, -0.1) is 11.6 Å². The van der Waals surface area contributed by atoms with E-state index in [4.69, 9.17) is 11.6 Å². The Hall–Kier alpha value is -0.540. The van der Waals surface area contributed by atoms with E-state index in [1.807, 2.05) is 38.1 Å². The van der Waals surface area contributed by atoms with Gasteiger partial charge in [0.15, 0.2) is 0 Å². The number of benzene rings is 1. The molecule has 0 atom stereocenters. The topological polar surface area (TPSA) is 20.3 Å². The van der Waals surface area contributed by atoms with Crippen molar-refractivity contribution in [1.82, 2.24) is 4.90 Å². The Bertz CT molecular complexity index is 406. The molecule has 94 valence electrons. The third kappa shape index (κ3) is 4.00. The van der Waals surface area contributed by atoms with Crippen molar-refractivity contribution in [1.29, 1.82) is 0 Å². The van der Waals surface area contributed by atoms with Crippen molar-refractivity contribution in [2.75, 3.05) is 12.9 Å². The lowest BCUT2D eigenvalue weighted by Crippen LogP contribution is -2.39. The summed E-state index contributed by atoms with van der Waals surface area (Å²) in [5.41, 5.74) is 0.586. The monoisotopic (exact) mass is 317 g/mol. The third-order valence-electron chi connectivity index (χ3n) is 2.57. The van der Waals surface area contributed by atoms with Crippen LogP contribution in [-0.2, 0) is 11.3 Å². The van der Waals surface area contributed by atoms with Crippen LogP contribution in [0.15, 0.2) is 28.7 Å². The summed E-state index contributed by atoms with van der Waals surface area (Å²) in [7, 11) is 1.80. The molecule has 0 aliphatic heterocycles. The standard InChI is InChI=1S/C13H17BrClNO/c1-13(2,9-15)12(17)16(3)8-10-5-4-6-11(14)7-10/h4-7H,8-9H2,1-3H3. The molecule has 0 bridgehead atoms. The zero-order chi connectivity index (χ0) is 13.1. The second kappa shape index (κ2) is 5.87. The summed E-state index contributed by atoms with van der Waals surface area (Å²) in [6.45, 7) is 4.32. The van der Waals surface area contributed by atoms with Crippen LogP contribution in [0.5, 0.6) is 0 Å². The van der Waals surface area contributed by atoms with E-state index in [-0.39, 0.29) is 5.91 Å². The molecule has 4 heteroatoms. The lowest BCUT2D eigenvalue weighted by Gasteiger charge is -2.27. The van der Waals surface area contributed by atoms with Gasteiger partial charge in [-0.1, -0.05) is 28.1 Å². The maximum atomic E-state index is 12.1. The zero-order valence-corrected chi connectivity index (χ0v) is 12.7. The summed E-state index contributed by atoms with van der Waals surface area (Å²) in [6.07, 6.45) is 0. The molecule has 1 amide bonds. The van der Waals surface area contributed by atoms with E-state index >= 15 is 0 Å². The molecule has 0 saturated heterocycles. The fraction of sp³-hybridized carbons (Fsp3) is 0.462. The number of hydrogen-bond donors (Lipinski definition) is 0. The summed E-state index contributed by atoms with van der Waals surface area (Å²) < 4.78 is 1.02. The number of alkyl halides is 1. The predicted molar refractivity (Wildman–Crippen MR) is 75.1 cm³/mol. The maximum Gasteiger partial charge on any atom is 0.229 e. The average Bonchev–Trinajstić information content (AvgIpc) is 2.28. The highest BCUT2D eigenvalue weighted by atomic mass is 79.9. The van der Waals surface area contributed by atoms with Gasteiger partial charge in [0.1, 0.15) is 0 Å². The highest BCUT2D eigenvalue weighted by molar-refractivity contribution is 9.10. The van der Waals surface area contributed by atoms with Crippen molar-refractivity contribution in [3.05, 3.63) is 34.3 Å². The van der Waals surface area contributed by atoms with Crippen LogP contribution in [0.25, 0.3) is 0 Å². The van der Waals surface area contributed by atoms with Gasteiger partial charge in [0.25, 0.3) is 0 Å². The number of nitrogens with zero attached hydrogens (tertiary/aromatic N) is 1. The lowest BCUT2D eigenvalue weighted by atomic mass is 9.94. The van der Waals surface area contributed by atoms with Crippen LogP contribution in [0, 0.1) is 5.41 Å². The number of halogens is 2. The number of rotatable bonds is 4. The van der Waals surface area contributed by atoms with Crippen molar-refractivity contribution in [2.24, 2.45) is 5.41 Å². The second-order valence-electron chi connectivity index (χ2n) is 4.81. The average molecular weight is 319 g/mol. The molecule has 0 heterocycles. The van der Waals surface area contributed by atoms with Crippen molar-refractivity contribution in [2.45, 2.75) is 20.4 Å². The molecule has 0 unspecified atom stereocenters. The van der Waals surface area contributed by atoms with E-state index in [1.165, 1.54) is 0 Å². The first-order valence-corrected chi connectivity index (χ1v) is 6.75. The zero-order valence-electron chi connectivity index (χ0n) is 10.3. The van der Waals surface area contributed by atoms with Crippen LogP contribution in [0.2, 0.25) is 0 Å². The Kier molecular flexibility index (Phi) is 5.02. The summed E-state index contributed by atoms with van der Waals surface area (Å²) in [6, 6.07) is 7.94. The second-order valence-corrected chi connectivity index (χ2v) is 5.99. The summed E-state index contributed by atoms with van der Waals surface area (Å²) >= 11 is 9.22.